The lowest BCUT2D eigenvalue weighted by Crippen LogP contribution is -2.11. The highest BCUT2D eigenvalue weighted by atomic mass is 16.2. The molecular formula is C7H9N3O. The predicted molar refractivity (Wildman–Crippen MR) is 40.2 cm³/mol. The zero-order chi connectivity index (χ0) is 8.43. The number of hydrogen-bond donors (Lipinski definition) is 0. The van der Waals surface area contributed by atoms with Crippen LogP contribution in [0.5, 0.6) is 0 Å². The standard InChI is InChI=1S/C7H9N3O/c1-5(2)7(11)10-4-6(3)8-9-10/h4H,1H2,2-3H3. The fourth-order valence-electron chi connectivity index (χ4n) is 0.642. The maximum Gasteiger partial charge on any atom is 0.274 e. The van der Waals surface area contributed by atoms with Gasteiger partial charge in [-0.1, -0.05) is 11.8 Å². The van der Waals surface area contributed by atoms with E-state index in [1.54, 1.807) is 20.0 Å². The van der Waals surface area contributed by atoms with Gasteiger partial charge in [0.15, 0.2) is 0 Å². The molecule has 0 aliphatic heterocycles. The Balaban J connectivity index is 2.94. The molecule has 58 valence electrons. The van der Waals surface area contributed by atoms with Crippen LogP contribution in [0.15, 0.2) is 18.3 Å². The first-order valence-corrected chi connectivity index (χ1v) is 3.20. The molecule has 4 nitrogen and oxygen atoms in total. The first-order valence-electron chi connectivity index (χ1n) is 3.20. The van der Waals surface area contributed by atoms with Crippen LogP contribution >= 0.6 is 0 Å². The molecule has 0 saturated carbocycles. The van der Waals surface area contributed by atoms with Crippen LogP contribution in [0.1, 0.15) is 17.4 Å². The number of carbonyl (C=O) groups is 1. The zero-order valence-corrected chi connectivity index (χ0v) is 6.53. The van der Waals surface area contributed by atoms with E-state index < -0.39 is 0 Å². The second kappa shape index (κ2) is 2.65. The van der Waals surface area contributed by atoms with Crippen molar-refractivity contribution in [1.29, 1.82) is 0 Å². The van der Waals surface area contributed by atoms with E-state index in [9.17, 15) is 4.79 Å². The first kappa shape index (κ1) is 7.65. The largest absolute Gasteiger partial charge is 0.274 e. The van der Waals surface area contributed by atoms with Crippen LogP contribution in [-0.4, -0.2) is 20.9 Å². The summed E-state index contributed by atoms with van der Waals surface area (Å²) in [5.74, 6) is -0.217. The lowest BCUT2D eigenvalue weighted by Gasteiger charge is -1.94. The van der Waals surface area contributed by atoms with E-state index in [-0.39, 0.29) is 5.91 Å². The molecule has 1 rings (SSSR count). The molecular weight excluding hydrogens is 142 g/mol. The summed E-state index contributed by atoms with van der Waals surface area (Å²) in [5.41, 5.74) is 1.18. The minimum Gasteiger partial charge on any atom is -0.267 e. The molecule has 0 unspecified atom stereocenters. The molecule has 1 aromatic heterocycles. The lowest BCUT2D eigenvalue weighted by atomic mass is 10.3. The second-order valence-corrected chi connectivity index (χ2v) is 2.39. The van der Waals surface area contributed by atoms with E-state index in [2.05, 4.69) is 16.9 Å². The Morgan fingerprint density at radius 2 is 2.36 bits per heavy atom. The molecule has 1 heterocycles. The third kappa shape index (κ3) is 1.52. The highest BCUT2D eigenvalue weighted by molar-refractivity contribution is 5.93. The summed E-state index contributed by atoms with van der Waals surface area (Å²) in [6.07, 6.45) is 1.57. The smallest absolute Gasteiger partial charge is 0.267 e. The van der Waals surface area contributed by atoms with Gasteiger partial charge in [0.2, 0.25) is 0 Å². The van der Waals surface area contributed by atoms with Crippen molar-refractivity contribution in [3.63, 3.8) is 0 Å². The molecule has 0 bridgehead atoms. The van der Waals surface area contributed by atoms with Crippen LogP contribution in [0, 0.1) is 6.92 Å². The van der Waals surface area contributed by atoms with Gasteiger partial charge in [0.05, 0.1) is 11.9 Å². The van der Waals surface area contributed by atoms with Crippen molar-refractivity contribution in [2.75, 3.05) is 0 Å². The minimum absolute atomic E-state index is 0.217. The Labute approximate surface area is 64.5 Å². The molecule has 0 amide bonds. The molecule has 1 aromatic rings. The Bertz CT molecular complexity index is 300. The fraction of sp³-hybridized carbons (Fsp3) is 0.286. The molecule has 0 aliphatic carbocycles. The van der Waals surface area contributed by atoms with E-state index in [0.717, 1.165) is 5.69 Å². The van der Waals surface area contributed by atoms with Crippen LogP contribution in [-0.2, 0) is 0 Å². The van der Waals surface area contributed by atoms with Crippen molar-refractivity contribution >= 4 is 5.91 Å². The van der Waals surface area contributed by atoms with Crippen LogP contribution < -0.4 is 0 Å². The molecule has 0 spiro atoms. The molecule has 0 radical (unpaired) electrons. The quantitative estimate of drug-likeness (QED) is 0.558. The SMILES string of the molecule is C=C(C)C(=O)n1cc(C)nn1. The highest BCUT2D eigenvalue weighted by Crippen LogP contribution is 1.95. The molecule has 0 aromatic carbocycles. The van der Waals surface area contributed by atoms with Gasteiger partial charge in [-0.2, -0.15) is 4.68 Å². The average molecular weight is 151 g/mol. The van der Waals surface area contributed by atoms with E-state index >= 15 is 0 Å². The maximum atomic E-state index is 11.1. The summed E-state index contributed by atoms with van der Waals surface area (Å²) in [6, 6.07) is 0. The third-order valence-corrected chi connectivity index (χ3v) is 1.18. The number of nitrogens with zero attached hydrogens (tertiary/aromatic N) is 3. The molecule has 0 N–H and O–H groups in total. The molecule has 0 saturated heterocycles. The van der Waals surface area contributed by atoms with Gasteiger partial charge >= 0.3 is 0 Å². The maximum absolute atomic E-state index is 11.1. The predicted octanol–water partition coefficient (Wildman–Crippen LogP) is 0.803. The van der Waals surface area contributed by atoms with Crippen LogP contribution in [0.4, 0.5) is 0 Å². The van der Waals surface area contributed by atoms with Crippen molar-refractivity contribution in [3.05, 3.63) is 24.0 Å². The molecule has 4 heteroatoms. The summed E-state index contributed by atoms with van der Waals surface area (Å²) in [6.45, 7) is 6.91. The number of aryl methyl sites for hydroxylation is 1. The number of carbonyl (C=O) groups excluding carboxylic acids is 1. The van der Waals surface area contributed by atoms with Gasteiger partial charge in [-0.15, -0.1) is 5.10 Å². The van der Waals surface area contributed by atoms with Crippen molar-refractivity contribution in [1.82, 2.24) is 15.0 Å². The Kier molecular flexibility index (Phi) is 1.85. The first-order chi connectivity index (χ1) is 5.11. The third-order valence-electron chi connectivity index (χ3n) is 1.18. The zero-order valence-electron chi connectivity index (χ0n) is 6.53. The summed E-state index contributed by atoms with van der Waals surface area (Å²) >= 11 is 0. The van der Waals surface area contributed by atoms with Crippen molar-refractivity contribution in [2.24, 2.45) is 0 Å². The molecule has 11 heavy (non-hydrogen) atoms. The van der Waals surface area contributed by atoms with Crippen molar-refractivity contribution < 1.29 is 4.79 Å². The molecule has 0 fully saturated rings. The Hall–Kier alpha value is -1.45. The lowest BCUT2D eigenvalue weighted by molar-refractivity contribution is 0.0938. The van der Waals surface area contributed by atoms with Crippen molar-refractivity contribution in [3.8, 4) is 0 Å². The van der Waals surface area contributed by atoms with Crippen LogP contribution in [0.25, 0.3) is 0 Å². The number of aromatic nitrogens is 3. The van der Waals surface area contributed by atoms with E-state index in [0.29, 0.717) is 5.57 Å². The second-order valence-electron chi connectivity index (χ2n) is 2.39. The van der Waals surface area contributed by atoms with Gasteiger partial charge in [0.25, 0.3) is 5.91 Å². The van der Waals surface area contributed by atoms with Gasteiger partial charge in [-0.3, -0.25) is 4.79 Å². The number of hydrogen-bond acceptors (Lipinski definition) is 3. The van der Waals surface area contributed by atoms with Gasteiger partial charge in [0, 0.05) is 5.57 Å². The minimum atomic E-state index is -0.217. The monoisotopic (exact) mass is 151 g/mol. The topological polar surface area (TPSA) is 47.8 Å². The highest BCUT2D eigenvalue weighted by Gasteiger charge is 2.05. The summed E-state index contributed by atoms with van der Waals surface area (Å²) in [7, 11) is 0. The average Bonchev–Trinajstić information content (AvgIpc) is 2.34. The number of allylic oxidation sites excluding steroid dienone is 1. The van der Waals surface area contributed by atoms with Gasteiger partial charge in [-0.05, 0) is 13.8 Å². The summed E-state index contributed by atoms with van der Waals surface area (Å²) < 4.78 is 1.18. The molecule has 0 aliphatic rings. The Morgan fingerprint density at radius 3 is 2.73 bits per heavy atom. The van der Waals surface area contributed by atoms with Crippen molar-refractivity contribution in [2.45, 2.75) is 13.8 Å². The number of rotatable bonds is 1. The van der Waals surface area contributed by atoms with Crippen LogP contribution in [0.2, 0.25) is 0 Å². The summed E-state index contributed by atoms with van der Waals surface area (Å²) in [4.78, 5) is 11.1. The van der Waals surface area contributed by atoms with Gasteiger partial charge < -0.3 is 0 Å². The summed E-state index contributed by atoms with van der Waals surface area (Å²) in [5, 5.41) is 7.26. The van der Waals surface area contributed by atoms with E-state index in [1.807, 2.05) is 0 Å². The van der Waals surface area contributed by atoms with Gasteiger partial charge in [-0.25, -0.2) is 0 Å². The van der Waals surface area contributed by atoms with E-state index in [1.165, 1.54) is 4.68 Å². The van der Waals surface area contributed by atoms with Gasteiger partial charge in [0.1, 0.15) is 0 Å². The normalized spacial score (nSPS) is 9.64. The van der Waals surface area contributed by atoms with Crippen LogP contribution in [0.3, 0.4) is 0 Å². The fourth-order valence-corrected chi connectivity index (χ4v) is 0.642. The van der Waals surface area contributed by atoms with E-state index in [4.69, 9.17) is 0 Å². The Morgan fingerprint density at radius 1 is 1.73 bits per heavy atom. The molecule has 0 atom stereocenters.